The number of hydrogen-bond acceptors (Lipinski definition) is 7. The van der Waals surface area contributed by atoms with Crippen LogP contribution >= 0.6 is 0 Å². The maximum absolute atomic E-state index is 12.4. The van der Waals surface area contributed by atoms with Gasteiger partial charge in [-0.1, -0.05) is 19.9 Å². The van der Waals surface area contributed by atoms with Gasteiger partial charge in [-0.15, -0.1) is 0 Å². The predicted molar refractivity (Wildman–Crippen MR) is 108 cm³/mol. The molecule has 0 fully saturated rings. The lowest BCUT2D eigenvalue weighted by Crippen LogP contribution is -2.53. The van der Waals surface area contributed by atoms with E-state index in [9.17, 15) is 32.3 Å². The van der Waals surface area contributed by atoms with Gasteiger partial charge in [0.15, 0.2) is 0 Å². The Balaban J connectivity index is 2.44. The quantitative estimate of drug-likeness (QED) is 0.262. The van der Waals surface area contributed by atoms with Crippen LogP contribution in [0.15, 0.2) is 24.4 Å². The van der Waals surface area contributed by atoms with Crippen LogP contribution in [0, 0.1) is 5.92 Å². The van der Waals surface area contributed by atoms with Gasteiger partial charge in [0.05, 0.1) is 0 Å². The highest BCUT2D eigenvalue weighted by molar-refractivity contribution is 5.94. The van der Waals surface area contributed by atoms with Crippen molar-refractivity contribution in [1.82, 2.24) is 15.6 Å². The molecule has 1 aromatic heterocycles. The number of rotatable bonds is 11. The summed E-state index contributed by atoms with van der Waals surface area (Å²) >= 11 is 0. The number of esters is 2. The maximum Gasteiger partial charge on any atom is 0.491 e. The fourth-order valence-corrected chi connectivity index (χ4v) is 2.47. The third-order valence-corrected chi connectivity index (χ3v) is 4.20. The van der Waals surface area contributed by atoms with Gasteiger partial charge in [0, 0.05) is 19.2 Å². The van der Waals surface area contributed by atoms with Crippen LogP contribution in [0.3, 0.4) is 0 Å². The minimum atomic E-state index is -5.33. The second kappa shape index (κ2) is 12.6. The molecule has 0 bridgehead atoms. The van der Waals surface area contributed by atoms with Crippen molar-refractivity contribution < 1.29 is 37.1 Å². The van der Waals surface area contributed by atoms with Crippen LogP contribution in [0.2, 0.25) is 0 Å². The van der Waals surface area contributed by atoms with E-state index in [0.717, 1.165) is 12.7 Å². The monoisotopic (exact) mass is 460 g/mol. The lowest BCUT2D eigenvalue weighted by atomic mass is 10.0. The fraction of sp³-hybridized carbons (Fsp3) is 0.550. The van der Waals surface area contributed by atoms with Gasteiger partial charge in [-0.2, -0.15) is 13.2 Å². The zero-order valence-electron chi connectivity index (χ0n) is 18.0. The molecule has 0 unspecified atom stereocenters. The number of aromatic nitrogens is 1. The third-order valence-electron chi connectivity index (χ3n) is 4.20. The van der Waals surface area contributed by atoms with Gasteiger partial charge in [0.25, 0.3) is 0 Å². The third kappa shape index (κ3) is 9.75. The summed E-state index contributed by atoms with van der Waals surface area (Å²) in [5.74, 6) is -5.05. The summed E-state index contributed by atoms with van der Waals surface area (Å²) in [7, 11) is 0. The van der Waals surface area contributed by atoms with Crippen LogP contribution in [0.5, 0.6) is 0 Å². The van der Waals surface area contributed by atoms with Crippen molar-refractivity contribution in [2.75, 3.05) is 11.9 Å². The molecule has 0 saturated heterocycles. The number of pyridine rings is 1. The zero-order valence-corrected chi connectivity index (χ0v) is 18.0. The van der Waals surface area contributed by atoms with Crippen LogP contribution in [0.4, 0.5) is 19.0 Å². The fourth-order valence-electron chi connectivity index (χ4n) is 2.47. The van der Waals surface area contributed by atoms with Gasteiger partial charge in [-0.05, 0) is 37.8 Å². The summed E-state index contributed by atoms with van der Waals surface area (Å²) in [6.07, 6.45) is -2.31. The van der Waals surface area contributed by atoms with Gasteiger partial charge in [0.2, 0.25) is 11.8 Å². The first-order valence-electron chi connectivity index (χ1n) is 9.99. The highest BCUT2D eigenvalue weighted by Gasteiger charge is 2.43. The number of carbonyl (C=O) groups is 4. The number of amides is 2. The van der Waals surface area contributed by atoms with Gasteiger partial charge >= 0.3 is 18.1 Å². The summed E-state index contributed by atoms with van der Waals surface area (Å²) in [4.78, 5) is 51.0. The van der Waals surface area contributed by atoms with E-state index in [4.69, 9.17) is 0 Å². The summed E-state index contributed by atoms with van der Waals surface area (Å²) < 4.78 is 40.2. The van der Waals surface area contributed by atoms with Crippen molar-refractivity contribution in [2.24, 2.45) is 5.92 Å². The van der Waals surface area contributed by atoms with E-state index in [1.54, 1.807) is 26.1 Å². The molecule has 9 nitrogen and oxygen atoms in total. The van der Waals surface area contributed by atoms with E-state index in [1.807, 2.05) is 12.1 Å². The van der Waals surface area contributed by atoms with Crippen molar-refractivity contribution in [3.63, 3.8) is 0 Å². The lowest BCUT2D eigenvalue weighted by Gasteiger charge is -2.23. The molecule has 2 atom stereocenters. The number of carbonyl (C=O) groups excluding carboxylic acids is 4. The molecule has 1 aromatic rings. The molecule has 1 rings (SSSR count). The van der Waals surface area contributed by atoms with Gasteiger partial charge in [-0.3, -0.25) is 9.59 Å². The number of ether oxygens (including phenoxy) is 1. The summed E-state index contributed by atoms with van der Waals surface area (Å²) in [5, 5.41) is 7.81. The minimum absolute atomic E-state index is 0.151. The molecular formula is C20H27F3N4O5. The summed E-state index contributed by atoms with van der Waals surface area (Å²) in [5.41, 5.74) is 0. The number of halogens is 3. The van der Waals surface area contributed by atoms with Crippen LogP contribution < -0.4 is 16.0 Å². The second-order valence-corrected chi connectivity index (χ2v) is 7.32. The van der Waals surface area contributed by atoms with E-state index in [0.29, 0.717) is 19.4 Å². The Morgan fingerprint density at radius 2 is 1.75 bits per heavy atom. The Hall–Kier alpha value is -3.18. The first-order valence-corrected chi connectivity index (χ1v) is 9.99. The Kier molecular flexibility index (Phi) is 10.6. The number of anilines is 1. The van der Waals surface area contributed by atoms with E-state index in [2.05, 4.69) is 25.7 Å². The molecule has 178 valence electrons. The molecule has 3 N–H and O–H groups in total. The first kappa shape index (κ1) is 26.9. The van der Waals surface area contributed by atoms with Gasteiger partial charge in [-0.25, -0.2) is 14.6 Å². The SMILES string of the molecule is CC(C)[C@H](NC(=O)CCCCNc1ccccn1)C(=O)N[C@@H](C)C(=O)OC(=O)C(F)(F)F. The molecule has 0 aliphatic rings. The summed E-state index contributed by atoms with van der Waals surface area (Å²) in [6, 6.07) is 2.90. The van der Waals surface area contributed by atoms with Crippen LogP contribution in [0.1, 0.15) is 40.0 Å². The Labute approximate surface area is 183 Å². The largest absolute Gasteiger partial charge is 0.491 e. The van der Waals surface area contributed by atoms with Crippen molar-refractivity contribution in [3.8, 4) is 0 Å². The summed E-state index contributed by atoms with van der Waals surface area (Å²) in [6.45, 7) is 4.97. The van der Waals surface area contributed by atoms with Crippen LogP contribution in [-0.2, 0) is 23.9 Å². The molecule has 0 saturated carbocycles. The molecule has 0 radical (unpaired) electrons. The van der Waals surface area contributed by atoms with E-state index >= 15 is 0 Å². The highest BCUT2D eigenvalue weighted by atomic mass is 19.4. The van der Waals surface area contributed by atoms with E-state index in [-0.39, 0.29) is 18.2 Å². The Bertz CT molecular complexity index is 787. The molecule has 0 spiro atoms. The van der Waals surface area contributed by atoms with Crippen molar-refractivity contribution in [3.05, 3.63) is 24.4 Å². The van der Waals surface area contributed by atoms with E-state index in [1.165, 1.54) is 0 Å². The van der Waals surface area contributed by atoms with Gasteiger partial charge in [0.1, 0.15) is 17.9 Å². The van der Waals surface area contributed by atoms with Crippen molar-refractivity contribution >= 4 is 29.6 Å². The number of hydrogen-bond donors (Lipinski definition) is 3. The highest BCUT2D eigenvalue weighted by Crippen LogP contribution is 2.16. The van der Waals surface area contributed by atoms with Crippen LogP contribution in [0.25, 0.3) is 0 Å². The van der Waals surface area contributed by atoms with E-state index < -0.39 is 36.1 Å². The normalized spacial score (nSPS) is 13.1. The standard InChI is InChI=1S/C20H27F3N4O5/c1-12(2)16(17(29)26-13(3)18(30)32-19(31)20(21,22)23)27-15(28)9-5-7-11-25-14-8-4-6-10-24-14/h4,6,8,10,12-13,16H,5,7,9,11H2,1-3H3,(H,24,25)(H,26,29)(H,27,28)/t13-,16-/m0/s1. The Morgan fingerprint density at radius 3 is 2.31 bits per heavy atom. The Morgan fingerprint density at radius 1 is 1.06 bits per heavy atom. The average molecular weight is 460 g/mol. The number of unbranched alkanes of at least 4 members (excludes halogenated alkanes) is 1. The first-order chi connectivity index (χ1) is 14.9. The topological polar surface area (TPSA) is 126 Å². The smallest absolute Gasteiger partial charge is 0.385 e. The molecule has 32 heavy (non-hydrogen) atoms. The molecule has 12 heteroatoms. The molecule has 2 amide bonds. The molecule has 0 aromatic carbocycles. The molecule has 1 heterocycles. The van der Waals surface area contributed by atoms with Crippen molar-refractivity contribution in [2.45, 2.75) is 58.3 Å². The van der Waals surface area contributed by atoms with Crippen molar-refractivity contribution in [1.29, 1.82) is 0 Å². The molecule has 0 aliphatic carbocycles. The number of nitrogens with zero attached hydrogens (tertiary/aromatic N) is 1. The molecular weight excluding hydrogens is 433 g/mol. The maximum atomic E-state index is 12.4. The number of nitrogens with one attached hydrogen (secondary N) is 3. The van der Waals surface area contributed by atoms with Crippen LogP contribution in [-0.4, -0.2) is 53.5 Å². The predicted octanol–water partition coefficient (Wildman–Crippen LogP) is 1.94. The van der Waals surface area contributed by atoms with Gasteiger partial charge < -0.3 is 20.7 Å². The lowest BCUT2D eigenvalue weighted by molar-refractivity contribution is -0.202. The number of alkyl halides is 3. The average Bonchev–Trinajstić information content (AvgIpc) is 2.71. The second-order valence-electron chi connectivity index (χ2n) is 7.32. The minimum Gasteiger partial charge on any atom is -0.385 e. The zero-order chi connectivity index (χ0) is 24.3. The molecule has 0 aliphatic heterocycles.